The molecule has 4 rings (SSSR count). The number of nitrogens with zero attached hydrogens (tertiary/aromatic N) is 4. The van der Waals surface area contributed by atoms with Gasteiger partial charge in [0.2, 0.25) is 0 Å². The highest BCUT2D eigenvalue weighted by Gasteiger charge is 2.32. The molecule has 3 aromatic rings. The molecule has 33 heavy (non-hydrogen) atoms. The maximum absolute atomic E-state index is 13.2. The topological polar surface area (TPSA) is 105 Å². The number of aliphatic hydroxyl groups is 1. The molecule has 0 unspecified atom stereocenters. The molecule has 3 aromatic heterocycles. The molecule has 0 aromatic carbocycles. The maximum atomic E-state index is 13.2. The second-order valence-corrected chi connectivity index (χ2v) is 10.0. The lowest BCUT2D eigenvalue weighted by Crippen LogP contribution is -2.42. The van der Waals surface area contributed by atoms with Gasteiger partial charge in [-0.3, -0.25) is 4.79 Å². The van der Waals surface area contributed by atoms with Gasteiger partial charge in [0, 0.05) is 35.9 Å². The van der Waals surface area contributed by atoms with Gasteiger partial charge in [0.15, 0.2) is 11.5 Å². The standard InChI is InChI=1S/C25H34N6O2/c1-15(2)29-21-11-22(31-23-17(13-28-31)10-16(3)12-27-23)26-14-20(21)24(32)30-19-8-6-18(7-9-19)25(4,5)33/h10-15,18-19,33H,6-9H2,1-5H3,(H,26,29)(H,30,32). The van der Waals surface area contributed by atoms with Crippen LogP contribution in [0.25, 0.3) is 16.9 Å². The number of rotatable bonds is 6. The molecule has 0 radical (unpaired) electrons. The van der Waals surface area contributed by atoms with Gasteiger partial charge >= 0.3 is 0 Å². The summed E-state index contributed by atoms with van der Waals surface area (Å²) in [4.78, 5) is 22.2. The van der Waals surface area contributed by atoms with E-state index in [2.05, 4.69) is 25.7 Å². The van der Waals surface area contributed by atoms with Crippen LogP contribution in [0.1, 0.15) is 69.3 Å². The summed E-state index contributed by atoms with van der Waals surface area (Å²) in [6, 6.07) is 4.14. The zero-order chi connectivity index (χ0) is 23.8. The number of hydrogen-bond acceptors (Lipinski definition) is 6. The van der Waals surface area contributed by atoms with Crippen molar-refractivity contribution in [1.82, 2.24) is 25.1 Å². The Kier molecular flexibility index (Phi) is 6.38. The first-order chi connectivity index (χ1) is 15.6. The first kappa shape index (κ1) is 23.2. The first-order valence-corrected chi connectivity index (χ1v) is 11.7. The Balaban J connectivity index is 1.56. The van der Waals surface area contributed by atoms with Crippen LogP contribution < -0.4 is 10.6 Å². The number of aryl methyl sites for hydroxylation is 1. The number of carbonyl (C=O) groups is 1. The smallest absolute Gasteiger partial charge is 0.255 e. The van der Waals surface area contributed by atoms with Gasteiger partial charge in [-0.2, -0.15) is 9.78 Å². The SMILES string of the molecule is Cc1cnc2c(cnn2-c2cc(NC(C)C)c(C(=O)NC3CCC(C(C)(C)O)CC3)cn2)c1. The van der Waals surface area contributed by atoms with Crippen molar-refractivity contribution in [2.75, 3.05) is 5.32 Å². The van der Waals surface area contributed by atoms with Gasteiger partial charge in [-0.05, 0) is 77.8 Å². The van der Waals surface area contributed by atoms with E-state index in [9.17, 15) is 9.90 Å². The molecule has 0 aliphatic heterocycles. The Labute approximate surface area is 194 Å². The third kappa shape index (κ3) is 5.16. The van der Waals surface area contributed by atoms with E-state index in [1.807, 2.05) is 52.9 Å². The minimum Gasteiger partial charge on any atom is -0.390 e. The average molecular weight is 451 g/mol. The van der Waals surface area contributed by atoms with Gasteiger partial charge in [0.1, 0.15) is 0 Å². The van der Waals surface area contributed by atoms with E-state index in [1.165, 1.54) is 0 Å². The van der Waals surface area contributed by atoms with Crippen LogP contribution >= 0.6 is 0 Å². The molecular weight excluding hydrogens is 416 g/mol. The predicted octanol–water partition coefficient (Wildman–Crippen LogP) is 4.00. The summed E-state index contributed by atoms with van der Waals surface area (Å²) in [6.45, 7) is 9.80. The van der Waals surface area contributed by atoms with E-state index in [4.69, 9.17) is 0 Å². The van der Waals surface area contributed by atoms with Gasteiger partial charge in [-0.15, -0.1) is 0 Å². The minimum absolute atomic E-state index is 0.102. The molecule has 0 spiro atoms. The van der Waals surface area contributed by atoms with Crippen molar-refractivity contribution < 1.29 is 9.90 Å². The number of nitrogens with one attached hydrogen (secondary N) is 2. The monoisotopic (exact) mass is 450 g/mol. The molecule has 8 heteroatoms. The van der Waals surface area contributed by atoms with Gasteiger partial charge in [0.05, 0.1) is 23.0 Å². The lowest BCUT2D eigenvalue weighted by molar-refractivity contribution is -0.00257. The second-order valence-electron chi connectivity index (χ2n) is 10.0. The van der Waals surface area contributed by atoms with E-state index < -0.39 is 5.60 Å². The normalized spacial score (nSPS) is 19.1. The molecular formula is C25H34N6O2. The van der Waals surface area contributed by atoms with Crippen molar-refractivity contribution >= 4 is 22.6 Å². The summed E-state index contributed by atoms with van der Waals surface area (Å²) in [5.74, 6) is 0.737. The van der Waals surface area contributed by atoms with Crippen LogP contribution in [-0.4, -0.2) is 48.4 Å². The summed E-state index contributed by atoms with van der Waals surface area (Å²) in [7, 11) is 0. The molecule has 0 saturated heterocycles. The highest BCUT2D eigenvalue weighted by Crippen LogP contribution is 2.32. The molecule has 1 amide bonds. The van der Waals surface area contributed by atoms with E-state index in [-0.39, 0.29) is 23.9 Å². The summed E-state index contributed by atoms with van der Waals surface area (Å²) >= 11 is 0. The van der Waals surface area contributed by atoms with Crippen LogP contribution in [0.2, 0.25) is 0 Å². The Morgan fingerprint density at radius 2 is 1.85 bits per heavy atom. The fourth-order valence-corrected chi connectivity index (χ4v) is 4.58. The van der Waals surface area contributed by atoms with E-state index in [0.29, 0.717) is 17.1 Å². The molecule has 176 valence electrons. The van der Waals surface area contributed by atoms with E-state index >= 15 is 0 Å². The van der Waals surface area contributed by atoms with Crippen LogP contribution in [0.5, 0.6) is 0 Å². The average Bonchev–Trinajstić information content (AvgIpc) is 3.16. The molecule has 1 fully saturated rings. The third-order valence-electron chi connectivity index (χ3n) is 6.40. The maximum Gasteiger partial charge on any atom is 0.255 e. The summed E-state index contributed by atoms with van der Waals surface area (Å²) < 4.78 is 1.69. The predicted molar refractivity (Wildman–Crippen MR) is 130 cm³/mol. The van der Waals surface area contributed by atoms with Gasteiger partial charge < -0.3 is 15.7 Å². The largest absolute Gasteiger partial charge is 0.390 e. The van der Waals surface area contributed by atoms with E-state index in [1.54, 1.807) is 17.1 Å². The Bertz CT molecular complexity index is 1140. The molecule has 1 aliphatic carbocycles. The van der Waals surface area contributed by atoms with Crippen LogP contribution in [0.15, 0.2) is 30.7 Å². The summed E-state index contributed by atoms with van der Waals surface area (Å²) in [6.07, 6.45) is 8.73. The number of aromatic nitrogens is 4. The Hall–Kier alpha value is -3.00. The van der Waals surface area contributed by atoms with Crippen molar-refractivity contribution in [3.05, 3.63) is 41.9 Å². The van der Waals surface area contributed by atoms with Crippen molar-refractivity contribution in [2.24, 2.45) is 5.92 Å². The molecule has 1 aliphatic rings. The molecule has 3 heterocycles. The van der Waals surface area contributed by atoms with Gasteiger partial charge in [-0.1, -0.05) is 0 Å². The fraction of sp³-hybridized carbons (Fsp3) is 0.520. The van der Waals surface area contributed by atoms with Crippen LogP contribution in [0.3, 0.4) is 0 Å². The first-order valence-electron chi connectivity index (χ1n) is 11.7. The zero-order valence-electron chi connectivity index (χ0n) is 20.1. The number of amides is 1. The third-order valence-corrected chi connectivity index (χ3v) is 6.40. The molecule has 0 atom stereocenters. The number of fused-ring (bicyclic) bond motifs is 1. The quantitative estimate of drug-likeness (QED) is 0.524. The van der Waals surface area contributed by atoms with Crippen molar-refractivity contribution in [3.8, 4) is 5.82 Å². The van der Waals surface area contributed by atoms with Crippen LogP contribution in [0.4, 0.5) is 5.69 Å². The van der Waals surface area contributed by atoms with Crippen molar-refractivity contribution in [3.63, 3.8) is 0 Å². The highest BCUT2D eigenvalue weighted by molar-refractivity contribution is 5.99. The lowest BCUT2D eigenvalue weighted by atomic mass is 9.77. The van der Waals surface area contributed by atoms with Crippen LogP contribution in [0, 0.1) is 12.8 Å². The number of pyridine rings is 2. The molecule has 0 bridgehead atoms. The van der Waals surface area contributed by atoms with Crippen molar-refractivity contribution in [1.29, 1.82) is 0 Å². The van der Waals surface area contributed by atoms with Gasteiger partial charge in [0.25, 0.3) is 5.91 Å². The summed E-state index contributed by atoms with van der Waals surface area (Å²) in [5.41, 5.74) is 2.35. The highest BCUT2D eigenvalue weighted by atomic mass is 16.3. The molecule has 8 nitrogen and oxygen atoms in total. The number of hydrogen-bond donors (Lipinski definition) is 3. The van der Waals surface area contributed by atoms with Gasteiger partial charge in [-0.25, -0.2) is 9.97 Å². The minimum atomic E-state index is -0.673. The van der Waals surface area contributed by atoms with Crippen LogP contribution in [-0.2, 0) is 0 Å². The second kappa shape index (κ2) is 9.09. The lowest BCUT2D eigenvalue weighted by Gasteiger charge is -2.36. The molecule has 1 saturated carbocycles. The number of anilines is 1. The fourth-order valence-electron chi connectivity index (χ4n) is 4.58. The Morgan fingerprint density at radius 1 is 1.12 bits per heavy atom. The van der Waals surface area contributed by atoms with E-state index in [0.717, 1.165) is 42.3 Å². The summed E-state index contributed by atoms with van der Waals surface area (Å²) in [5, 5.41) is 22.2. The zero-order valence-corrected chi connectivity index (χ0v) is 20.1. The molecule has 3 N–H and O–H groups in total. The Morgan fingerprint density at radius 3 is 2.52 bits per heavy atom. The van der Waals surface area contributed by atoms with Crippen molar-refractivity contribution in [2.45, 2.75) is 78.0 Å². The number of carbonyl (C=O) groups excluding carboxylic acids is 1.